The van der Waals surface area contributed by atoms with Crippen molar-refractivity contribution < 1.29 is 14.3 Å². The third-order valence-electron chi connectivity index (χ3n) is 6.07. The van der Waals surface area contributed by atoms with Gasteiger partial charge in [-0.3, -0.25) is 9.59 Å². The first-order chi connectivity index (χ1) is 14.9. The molecule has 5 heteroatoms. The Labute approximate surface area is 185 Å². The molecule has 1 saturated carbocycles. The predicted molar refractivity (Wildman–Crippen MR) is 123 cm³/mol. The van der Waals surface area contributed by atoms with Gasteiger partial charge in [0, 0.05) is 12.6 Å². The van der Waals surface area contributed by atoms with Crippen molar-refractivity contribution in [3.8, 4) is 5.75 Å². The van der Waals surface area contributed by atoms with Gasteiger partial charge in [0.15, 0.2) is 6.61 Å². The average Bonchev–Trinajstić information content (AvgIpc) is 2.77. The second kappa shape index (κ2) is 11.0. The number of nitrogens with zero attached hydrogens (tertiary/aromatic N) is 1. The van der Waals surface area contributed by atoms with Crippen LogP contribution in [0.1, 0.15) is 55.7 Å². The number of carbonyl (C=O) groups excluding carboxylic acids is 2. The van der Waals surface area contributed by atoms with E-state index in [9.17, 15) is 9.59 Å². The standard InChI is InChI=1S/C26H34N2O3/c1-19-10-9-15-24(16-19)31-18-25(29)28(17-22-12-8-7-11-20(22)2)21(3)26(30)27-23-13-5-4-6-14-23/h7-12,15-16,21,23H,4-6,13-14,17-18H2,1-3H3,(H,27,30)/t21-/m1/s1. The Morgan fingerprint density at radius 1 is 1.06 bits per heavy atom. The topological polar surface area (TPSA) is 58.6 Å². The number of hydrogen-bond acceptors (Lipinski definition) is 3. The van der Waals surface area contributed by atoms with Gasteiger partial charge in [-0.15, -0.1) is 0 Å². The number of aryl methyl sites for hydroxylation is 2. The van der Waals surface area contributed by atoms with Gasteiger partial charge in [0.05, 0.1) is 0 Å². The molecule has 0 bridgehead atoms. The SMILES string of the molecule is Cc1cccc(OCC(=O)N(Cc2ccccc2C)[C@H](C)C(=O)NC2CCCCC2)c1. The molecule has 1 N–H and O–H groups in total. The highest BCUT2D eigenvalue weighted by Crippen LogP contribution is 2.19. The highest BCUT2D eigenvalue weighted by Gasteiger charge is 2.28. The zero-order valence-electron chi connectivity index (χ0n) is 18.9. The summed E-state index contributed by atoms with van der Waals surface area (Å²) in [5.74, 6) is 0.365. The molecule has 0 radical (unpaired) electrons. The van der Waals surface area contributed by atoms with E-state index in [4.69, 9.17) is 4.74 Å². The highest BCUT2D eigenvalue weighted by atomic mass is 16.5. The van der Waals surface area contributed by atoms with Gasteiger partial charge in [0.25, 0.3) is 5.91 Å². The first-order valence-electron chi connectivity index (χ1n) is 11.3. The Bertz CT molecular complexity index is 890. The van der Waals surface area contributed by atoms with E-state index in [-0.39, 0.29) is 24.5 Å². The van der Waals surface area contributed by atoms with Gasteiger partial charge >= 0.3 is 0 Å². The molecule has 0 heterocycles. The van der Waals surface area contributed by atoms with Gasteiger partial charge in [-0.05, 0) is 62.4 Å². The van der Waals surface area contributed by atoms with E-state index in [1.165, 1.54) is 6.42 Å². The van der Waals surface area contributed by atoms with Crippen molar-refractivity contribution >= 4 is 11.8 Å². The van der Waals surface area contributed by atoms with Crippen LogP contribution in [-0.2, 0) is 16.1 Å². The lowest BCUT2D eigenvalue weighted by atomic mass is 9.95. The minimum absolute atomic E-state index is 0.0932. The summed E-state index contributed by atoms with van der Waals surface area (Å²) >= 11 is 0. The van der Waals surface area contributed by atoms with Crippen LogP contribution in [0.15, 0.2) is 48.5 Å². The molecule has 2 aromatic rings. The molecule has 0 saturated heterocycles. The van der Waals surface area contributed by atoms with E-state index in [1.807, 2.05) is 62.4 Å². The second-order valence-electron chi connectivity index (χ2n) is 8.57. The summed E-state index contributed by atoms with van der Waals surface area (Å²) in [5.41, 5.74) is 3.20. The van der Waals surface area contributed by atoms with E-state index in [0.29, 0.717) is 12.3 Å². The Morgan fingerprint density at radius 3 is 2.52 bits per heavy atom. The van der Waals surface area contributed by atoms with Gasteiger partial charge in [0.2, 0.25) is 5.91 Å². The molecular formula is C26H34N2O3. The molecule has 1 fully saturated rings. The van der Waals surface area contributed by atoms with Crippen LogP contribution in [0.2, 0.25) is 0 Å². The third kappa shape index (κ3) is 6.58. The van der Waals surface area contributed by atoms with Crippen LogP contribution >= 0.6 is 0 Å². The van der Waals surface area contributed by atoms with E-state index in [0.717, 1.165) is 42.4 Å². The zero-order chi connectivity index (χ0) is 22.2. The quantitative estimate of drug-likeness (QED) is 0.679. The maximum absolute atomic E-state index is 13.2. The summed E-state index contributed by atoms with van der Waals surface area (Å²) in [6.07, 6.45) is 5.56. The van der Waals surface area contributed by atoms with Crippen molar-refractivity contribution in [2.45, 2.75) is 71.5 Å². The van der Waals surface area contributed by atoms with Crippen LogP contribution in [0.25, 0.3) is 0 Å². The largest absolute Gasteiger partial charge is 0.484 e. The van der Waals surface area contributed by atoms with E-state index >= 15 is 0 Å². The van der Waals surface area contributed by atoms with Gasteiger partial charge in [0.1, 0.15) is 11.8 Å². The van der Waals surface area contributed by atoms with Crippen LogP contribution in [-0.4, -0.2) is 35.4 Å². The number of amides is 2. The van der Waals surface area contributed by atoms with Crippen LogP contribution in [0.4, 0.5) is 0 Å². The van der Waals surface area contributed by atoms with Gasteiger partial charge in [-0.1, -0.05) is 55.7 Å². The molecule has 2 aromatic carbocycles. The van der Waals surface area contributed by atoms with Crippen molar-refractivity contribution in [3.63, 3.8) is 0 Å². The van der Waals surface area contributed by atoms with Crippen LogP contribution in [0, 0.1) is 13.8 Å². The van der Waals surface area contributed by atoms with Crippen LogP contribution in [0.5, 0.6) is 5.75 Å². The molecule has 0 aliphatic heterocycles. The number of nitrogens with one attached hydrogen (secondary N) is 1. The van der Waals surface area contributed by atoms with Gasteiger partial charge in [-0.25, -0.2) is 0 Å². The fourth-order valence-electron chi connectivity index (χ4n) is 4.06. The van der Waals surface area contributed by atoms with E-state index in [2.05, 4.69) is 5.32 Å². The number of ether oxygens (including phenoxy) is 1. The normalized spacial score (nSPS) is 15.2. The first kappa shape index (κ1) is 22.9. The summed E-state index contributed by atoms with van der Waals surface area (Å²) in [4.78, 5) is 27.8. The van der Waals surface area contributed by atoms with Crippen molar-refractivity contribution in [1.29, 1.82) is 0 Å². The summed E-state index contributed by atoms with van der Waals surface area (Å²) in [6, 6.07) is 15.2. The molecule has 166 valence electrons. The second-order valence-corrected chi connectivity index (χ2v) is 8.57. The molecule has 5 nitrogen and oxygen atoms in total. The predicted octanol–water partition coefficient (Wildman–Crippen LogP) is 4.55. The average molecular weight is 423 g/mol. The summed E-state index contributed by atoms with van der Waals surface area (Å²) in [5, 5.41) is 3.16. The Hall–Kier alpha value is -2.82. The maximum Gasteiger partial charge on any atom is 0.261 e. The smallest absolute Gasteiger partial charge is 0.261 e. The molecular weight excluding hydrogens is 388 g/mol. The van der Waals surface area contributed by atoms with E-state index < -0.39 is 6.04 Å². The van der Waals surface area contributed by atoms with Crippen LogP contribution < -0.4 is 10.1 Å². The molecule has 3 rings (SSSR count). The number of rotatable bonds is 8. The van der Waals surface area contributed by atoms with E-state index in [1.54, 1.807) is 11.8 Å². The molecule has 0 aromatic heterocycles. The van der Waals surface area contributed by atoms with Crippen molar-refractivity contribution in [2.24, 2.45) is 0 Å². The van der Waals surface area contributed by atoms with Crippen molar-refractivity contribution in [1.82, 2.24) is 10.2 Å². The Balaban J connectivity index is 1.72. The van der Waals surface area contributed by atoms with Crippen LogP contribution in [0.3, 0.4) is 0 Å². The maximum atomic E-state index is 13.2. The number of benzene rings is 2. The molecule has 2 amide bonds. The highest BCUT2D eigenvalue weighted by molar-refractivity contribution is 5.88. The molecule has 1 aliphatic rings. The number of hydrogen-bond donors (Lipinski definition) is 1. The summed E-state index contributed by atoms with van der Waals surface area (Å²) in [7, 11) is 0. The monoisotopic (exact) mass is 422 g/mol. The lowest BCUT2D eigenvalue weighted by Crippen LogP contribution is -2.51. The van der Waals surface area contributed by atoms with Crippen molar-refractivity contribution in [3.05, 3.63) is 65.2 Å². The molecule has 0 spiro atoms. The molecule has 1 atom stereocenters. The Morgan fingerprint density at radius 2 is 1.81 bits per heavy atom. The summed E-state index contributed by atoms with van der Waals surface area (Å²) in [6.45, 7) is 6.09. The van der Waals surface area contributed by atoms with Gasteiger partial charge in [-0.2, -0.15) is 0 Å². The molecule has 0 unspecified atom stereocenters. The lowest BCUT2D eigenvalue weighted by Gasteiger charge is -2.31. The van der Waals surface area contributed by atoms with Crippen molar-refractivity contribution in [2.75, 3.05) is 6.61 Å². The van der Waals surface area contributed by atoms with Gasteiger partial charge < -0.3 is 15.0 Å². The first-order valence-corrected chi connectivity index (χ1v) is 11.3. The fraction of sp³-hybridized carbons (Fsp3) is 0.462. The minimum atomic E-state index is -0.574. The zero-order valence-corrected chi connectivity index (χ0v) is 18.9. The molecule has 31 heavy (non-hydrogen) atoms. The minimum Gasteiger partial charge on any atom is -0.484 e. The summed E-state index contributed by atoms with van der Waals surface area (Å²) < 4.78 is 5.75. The Kier molecular flexibility index (Phi) is 8.10. The third-order valence-corrected chi connectivity index (χ3v) is 6.07. The fourth-order valence-corrected chi connectivity index (χ4v) is 4.06. The molecule has 1 aliphatic carbocycles. The number of carbonyl (C=O) groups is 2. The lowest BCUT2D eigenvalue weighted by molar-refractivity contribution is -0.142.